The van der Waals surface area contributed by atoms with E-state index in [0.29, 0.717) is 37.6 Å². The predicted molar refractivity (Wildman–Crippen MR) is 100 cm³/mol. The van der Waals surface area contributed by atoms with Crippen LogP contribution in [0, 0.1) is 0 Å². The third-order valence-corrected chi connectivity index (χ3v) is 3.49. The first-order chi connectivity index (χ1) is 9.91. The van der Waals surface area contributed by atoms with Gasteiger partial charge in [-0.25, -0.2) is 0 Å². The standard InChI is InChI=1S/C14H28N2O4S.2ClH/c1-15(2)7-9-19-13(17)5-11-21-12-6-14(18)20-10-8-16(3)4;;/h5-12H2,1-4H3;2*1H. The molecule has 23 heavy (non-hydrogen) atoms. The van der Waals surface area contributed by atoms with Gasteiger partial charge in [0.05, 0.1) is 12.8 Å². The fraction of sp³-hybridized carbons (Fsp3) is 0.857. The molecule has 140 valence electrons. The molecule has 0 N–H and O–H groups in total. The average molecular weight is 393 g/mol. The molecule has 9 heteroatoms. The second-order valence-electron chi connectivity index (χ2n) is 5.16. The summed E-state index contributed by atoms with van der Waals surface area (Å²) in [6.45, 7) is 2.32. The molecule has 0 amide bonds. The molecule has 6 nitrogen and oxygen atoms in total. The molecule has 0 fully saturated rings. The Morgan fingerprint density at radius 2 is 1.13 bits per heavy atom. The number of esters is 2. The smallest absolute Gasteiger partial charge is 0.306 e. The molecule has 0 rings (SSSR count). The number of carbonyl (C=O) groups is 2. The van der Waals surface area contributed by atoms with E-state index < -0.39 is 0 Å². The average Bonchev–Trinajstić information content (AvgIpc) is 2.37. The molecule has 0 unspecified atom stereocenters. The van der Waals surface area contributed by atoms with Gasteiger partial charge in [0, 0.05) is 24.6 Å². The van der Waals surface area contributed by atoms with Crippen LogP contribution in [0.1, 0.15) is 12.8 Å². The van der Waals surface area contributed by atoms with Gasteiger partial charge < -0.3 is 19.3 Å². The maximum Gasteiger partial charge on any atom is 0.306 e. The molecule has 0 aromatic heterocycles. The minimum atomic E-state index is -0.182. The third-order valence-electron chi connectivity index (χ3n) is 2.50. The normalized spacial score (nSPS) is 10.0. The molecule has 0 aliphatic carbocycles. The van der Waals surface area contributed by atoms with Crippen LogP contribution in [0.15, 0.2) is 0 Å². The van der Waals surface area contributed by atoms with Crippen molar-refractivity contribution in [2.24, 2.45) is 0 Å². The Labute approximate surface area is 156 Å². The highest BCUT2D eigenvalue weighted by Crippen LogP contribution is 2.06. The zero-order valence-corrected chi connectivity index (χ0v) is 16.9. The van der Waals surface area contributed by atoms with E-state index in [9.17, 15) is 9.59 Å². The quantitative estimate of drug-likeness (QED) is 0.368. The van der Waals surface area contributed by atoms with Crippen LogP contribution in [0.2, 0.25) is 0 Å². The highest BCUT2D eigenvalue weighted by molar-refractivity contribution is 7.99. The first-order valence-corrected chi connectivity index (χ1v) is 8.25. The van der Waals surface area contributed by atoms with Crippen LogP contribution >= 0.6 is 36.6 Å². The molecule has 0 aliphatic rings. The fourth-order valence-electron chi connectivity index (χ4n) is 1.24. The van der Waals surface area contributed by atoms with Gasteiger partial charge in [-0.3, -0.25) is 9.59 Å². The molecule has 0 saturated carbocycles. The van der Waals surface area contributed by atoms with Crippen molar-refractivity contribution in [2.75, 3.05) is 66.0 Å². The zero-order chi connectivity index (χ0) is 16.1. The van der Waals surface area contributed by atoms with E-state index in [0.717, 1.165) is 13.1 Å². The summed E-state index contributed by atoms with van der Waals surface area (Å²) < 4.78 is 10.1. The molecule has 0 radical (unpaired) electrons. The Morgan fingerprint density at radius 1 is 0.783 bits per heavy atom. The maximum absolute atomic E-state index is 11.4. The van der Waals surface area contributed by atoms with E-state index in [2.05, 4.69) is 0 Å². The van der Waals surface area contributed by atoms with Gasteiger partial charge in [-0.05, 0) is 28.2 Å². The lowest BCUT2D eigenvalue weighted by Crippen LogP contribution is -2.20. The van der Waals surface area contributed by atoms with Gasteiger partial charge in [-0.15, -0.1) is 24.8 Å². The van der Waals surface area contributed by atoms with Crippen molar-refractivity contribution in [1.29, 1.82) is 0 Å². The molecule has 0 atom stereocenters. The maximum atomic E-state index is 11.4. The Hall–Kier alpha value is -0.210. The Morgan fingerprint density at radius 3 is 1.43 bits per heavy atom. The monoisotopic (exact) mass is 392 g/mol. The van der Waals surface area contributed by atoms with Crippen molar-refractivity contribution in [1.82, 2.24) is 9.80 Å². The Kier molecular flexibility index (Phi) is 21.8. The minimum absolute atomic E-state index is 0. The summed E-state index contributed by atoms with van der Waals surface area (Å²) in [4.78, 5) is 26.7. The number of hydrogen-bond acceptors (Lipinski definition) is 7. The van der Waals surface area contributed by atoms with E-state index >= 15 is 0 Å². The number of rotatable bonds is 12. The third kappa shape index (κ3) is 21.8. The molecule has 0 spiro atoms. The molecule has 0 aromatic carbocycles. The predicted octanol–water partition coefficient (Wildman–Crippen LogP) is 1.55. The van der Waals surface area contributed by atoms with E-state index in [4.69, 9.17) is 9.47 Å². The molecule has 0 aliphatic heterocycles. The van der Waals surface area contributed by atoms with Gasteiger partial charge in [0.1, 0.15) is 13.2 Å². The van der Waals surface area contributed by atoms with Crippen LogP contribution in [-0.2, 0) is 19.1 Å². The molecule has 0 saturated heterocycles. The fourth-order valence-corrected chi connectivity index (χ4v) is 2.07. The number of nitrogens with zero attached hydrogens (tertiary/aromatic N) is 2. The van der Waals surface area contributed by atoms with Crippen LogP contribution in [0.5, 0.6) is 0 Å². The summed E-state index contributed by atoms with van der Waals surface area (Å²) >= 11 is 1.57. The lowest BCUT2D eigenvalue weighted by atomic mass is 10.5. The van der Waals surface area contributed by atoms with Gasteiger partial charge in [-0.2, -0.15) is 11.8 Å². The lowest BCUT2D eigenvalue weighted by molar-refractivity contribution is -0.144. The molecule has 0 aromatic rings. The van der Waals surface area contributed by atoms with E-state index in [1.165, 1.54) is 0 Å². The van der Waals surface area contributed by atoms with Crippen molar-refractivity contribution >= 4 is 48.5 Å². The Bertz CT molecular complexity index is 281. The van der Waals surface area contributed by atoms with Crippen molar-refractivity contribution in [3.05, 3.63) is 0 Å². The second-order valence-corrected chi connectivity index (χ2v) is 6.38. The van der Waals surface area contributed by atoms with Crippen LogP contribution < -0.4 is 0 Å². The van der Waals surface area contributed by atoms with Crippen LogP contribution in [0.3, 0.4) is 0 Å². The van der Waals surface area contributed by atoms with Gasteiger partial charge in [0.25, 0.3) is 0 Å². The SMILES string of the molecule is CN(C)CCOC(=O)CCSCCC(=O)OCCN(C)C.Cl.Cl. The molecular formula is C14H30Cl2N2O4S. The summed E-state index contributed by atoms with van der Waals surface area (Å²) in [6, 6.07) is 0. The topological polar surface area (TPSA) is 59.1 Å². The van der Waals surface area contributed by atoms with Crippen molar-refractivity contribution < 1.29 is 19.1 Å². The van der Waals surface area contributed by atoms with E-state index in [-0.39, 0.29) is 36.8 Å². The zero-order valence-electron chi connectivity index (χ0n) is 14.4. The number of halogens is 2. The van der Waals surface area contributed by atoms with Crippen molar-refractivity contribution in [2.45, 2.75) is 12.8 Å². The molecule has 0 heterocycles. The van der Waals surface area contributed by atoms with Crippen LogP contribution in [0.4, 0.5) is 0 Å². The highest BCUT2D eigenvalue weighted by Gasteiger charge is 2.05. The second kappa shape index (κ2) is 18.1. The Balaban J connectivity index is -0.00000200. The van der Waals surface area contributed by atoms with Crippen molar-refractivity contribution in [3.8, 4) is 0 Å². The first-order valence-electron chi connectivity index (χ1n) is 7.10. The minimum Gasteiger partial charge on any atom is -0.464 e. The summed E-state index contributed by atoms with van der Waals surface area (Å²) in [5, 5.41) is 0. The lowest BCUT2D eigenvalue weighted by Gasteiger charge is -2.10. The van der Waals surface area contributed by atoms with E-state index in [1.54, 1.807) is 11.8 Å². The van der Waals surface area contributed by atoms with Gasteiger partial charge >= 0.3 is 11.9 Å². The summed E-state index contributed by atoms with van der Waals surface area (Å²) in [7, 11) is 7.73. The molecular weight excluding hydrogens is 363 g/mol. The summed E-state index contributed by atoms with van der Waals surface area (Å²) in [5.41, 5.74) is 0. The number of carbonyl (C=O) groups excluding carboxylic acids is 2. The first kappa shape index (κ1) is 27.6. The van der Waals surface area contributed by atoms with Crippen molar-refractivity contribution in [3.63, 3.8) is 0 Å². The highest BCUT2D eigenvalue weighted by atomic mass is 35.5. The van der Waals surface area contributed by atoms with Crippen LogP contribution in [-0.4, -0.2) is 87.7 Å². The molecule has 0 bridgehead atoms. The van der Waals surface area contributed by atoms with Gasteiger partial charge in [0.2, 0.25) is 0 Å². The number of hydrogen-bond donors (Lipinski definition) is 0. The number of ether oxygens (including phenoxy) is 2. The van der Waals surface area contributed by atoms with E-state index in [1.807, 2.05) is 38.0 Å². The van der Waals surface area contributed by atoms with Gasteiger partial charge in [-0.1, -0.05) is 0 Å². The number of likely N-dealkylation sites (N-methyl/N-ethyl adjacent to an activating group) is 2. The summed E-state index contributed by atoms with van der Waals surface area (Å²) in [5.74, 6) is 0.980. The van der Waals surface area contributed by atoms with Crippen LogP contribution in [0.25, 0.3) is 0 Å². The number of thioether (sulfide) groups is 1. The van der Waals surface area contributed by atoms with Gasteiger partial charge in [0.15, 0.2) is 0 Å². The largest absolute Gasteiger partial charge is 0.464 e. The summed E-state index contributed by atoms with van der Waals surface area (Å²) in [6.07, 6.45) is 0.765.